The summed E-state index contributed by atoms with van der Waals surface area (Å²) < 4.78 is 13.3. The average molecular weight is 497 g/mol. The fourth-order valence-corrected chi connectivity index (χ4v) is 2.92. The normalized spacial score (nSPS) is 11.1. The van der Waals surface area contributed by atoms with E-state index in [0.717, 1.165) is 22.9 Å². The number of aliphatic imine (C=N–C) groups is 1. The van der Waals surface area contributed by atoms with Gasteiger partial charge in [0.2, 0.25) is 0 Å². The van der Waals surface area contributed by atoms with Gasteiger partial charge in [-0.15, -0.1) is 24.0 Å². The molecule has 0 aliphatic rings. The minimum absolute atomic E-state index is 0. The molecular formula is C19H21FIN5O2. The largest absolute Gasteiger partial charge is 0.361 e. The Morgan fingerprint density at radius 1 is 1.21 bits per heavy atom. The van der Waals surface area contributed by atoms with Gasteiger partial charge in [0.15, 0.2) is 5.96 Å². The first-order valence-electron chi connectivity index (χ1n) is 8.51. The number of aromatic nitrogens is 1. The second kappa shape index (κ2) is 10.0. The number of nitro benzene ring substituents is 1. The van der Waals surface area contributed by atoms with E-state index in [0.29, 0.717) is 24.6 Å². The fourth-order valence-electron chi connectivity index (χ4n) is 2.92. The molecule has 0 bridgehead atoms. The van der Waals surface area contributed by atoms with Gasteiger partial charge in [0.1, 0.15) is 5.82 Å². The molecule has 1 aromatic heterocycles. The van der Waals surface area contributed by atoms with Crippen LogP contribution in [0.25, 0.3) is 10.9 Å². The molecule has 0 saturated carbocycles. The number of hydrogen-bond donors (Lipinski definition) is 3. The van der Waals surface area contributed by atoms with Gasteiger partial charge in [-0.05, 0) is 30.2 Å². The molecule has 3 N–H and O–H groups in total. The van der Waals surface area contributed by atoms with Crippen molar-refractivity contribution in [3.8, 4) is 0 Å². The molecule has 0 fully saturated rings. The Kier molecular flexibility index (Phi) is 7.73. The van der Waals surface area contributed by atoms with Crippen molar-refractivity contribution in [2.45, 2.75) is 13.0 Å². The Labute approximate surface area is 178 Å². The van der Waals surface area contributed by atoms with Crippen LogP contribution in [0.3, 0.4) is 0 Å². The average Bonchev–Trinajstić information content (AvgIpc) is 3.06. The van der Waals surface area contributed by atoms with Crippen molar-refractivity contribution in [3.05, 3.63) is 75.7 Å². The van der Waals surface area contributed by atoms with Gasteiger partial charge < -0.3 is 15.6 Å². The van der Waals surface area contributed by atoms with Gasteiger partial charge in [0.05, 0.1) is 4.92 Å². The van der Waals surface area contributed by atoms with E-state index in [1.54, 1.807) is 31.3 Å². The monoisotopic (exact) mass is 497 g/mol. The topological polar surface area (TPSA) is 95.3 Å². The highest BCUT2D eigenvalue weighted by molar-refractivity contribution is 14.0. The lowest BCUT2D eigenvalue weighted by atomic mass is 10.1. The van der Waals surface area contributed by atoms with Crippen molar-refractivity contribution in [2.24, 2.45) is 4.99 Å². The Morgan fingerprint density at radius 3 is 2.75 bits per heavy atom. The van der Waals surface area contributed by atoms with Crippen molar-refractivity contribution >= 4 is 46.5 Å². The molecule has 0 aliphatic heterocycles. The van der Waals surface area contributed by atoms with Crippen molar-refractivity contribution in [3.63, 3.8) is 0 Å². The molecule has 0 saturated heterocycles. The Hall–Kier alpha value is -2.69. The molecule has 2 aromatic carbocycles. The SMILES string of the molecule is CN=C(NCCc1c[nH]c2cc(F)ccc12)NCc1ccccc1[N+](=O)[O-].I. The van der Waals surface area contributed by atoms with E-state index in [1.165, 1.54) is 18.2 Å². The molecule has 0 spiro atoms. The van der Waals surface area contributed by atoms with Gasteiger partial charge in [-0.25, -0.2) is 4.39 Å². The first kappa shape index (κ1) is 21.6. The van der Waals surface area contributed by atoms with Crippen molar-refractivity contribution in [1.29, 1.82) is 0 Å². The number of para-hydroxylation sites is 1. The number of H-pyrrole nitrogens is 1. The third kappa shape index (κ3) is 5.18. The minimum atomic E-state index is -0.396. The molecule has 9 heteroatoms. The maximum absolute atomic E-state index is 13.3. The van der Waals surface area contributed by atoms with E-state index in [1.807, 2.05) is 6.20 Å². The number of nitro groups is 1. The van der Waals surface area contributed by atoms with E-state index in [9.17, 15) is 14.5 Å². The summed E-state index contributed by atoms with van der Waals surface area (Å²) in [6.45, 7) is 0.907. The number of nitrogens with one attached hydrogen (secondary N) is 3. The summed E-state index contributed by atoms with van der Waals surface area (Å²) in [5.74, 6) is 0.285. The molecular weight excluding hydrogens is 476 g/mol. The van der Waals surface area contributed by atoms with E-state index in [4.69, 9.17) is 0 Å². The molecule has 1 heterocycles. The standard InChI is InChI=1S/C19H20FN5O2.HI/c1-21-19(24-12-14-4-2-3-5-18(14)25(26)27)22-9-8-13-11-23-17-10-15(20)6-7-16(13)17;/h2-7,10-11,23H,8-9,12H2,1H3,(H2,21,22,24);1H. The lowest BCUT2D eigenvalue weighted by molar-refractivity contribution is -0.385. The summed E-state index contributed by atoms with van der Waals surface area (Å²) in [4.78, 5) is 17.9. The molecule has 0 aliphatic carbocycles. The van der Waals surface area contributed by atoms with E-state index >= 15 is 0 Å². The Balaban J connectivity index is 0.00000280. The molecule has 28 heavy (non-hydrogen) atoms. The molecule has 3 aromatic rings. The highest BCUT2D eigenvalue weighted by Gasteiger charge is 2.12. The molecule has 0 atom stereocenters. The summed E-state index contributed by atoms with van der Waals surface area (Å²) in [6.07, 6.45) is 2.59. The van der Waals surface area contributed by atoms with Crippen molar-refractivity contribution in [1.82, 2.24) is 15.6 Å². The van der Waals surface area contributed by atoms with Crippen LogP contribution in [0.15, 0.2) is 53.7 Å². The first-order chi connectivity index (χ1) is 13.1. The van der Waals surface area contributed by atoms with Crippen LogP contribution in [0.1, 0.15) is 11.1 Å². The number of halogens is 2. The lowest BCUT2D eigenvalue weighted by Crippen LogP contribution is -2.37. The molecule has 0 unspecified atom stereocenters. The van der Waals surface area contributed by atoms with Crippen LogP contribution in [0.5, 0.6) is 0 Å². The maximum Gasteiger partial charge on any atom is 0.274 e. The number of nitrogens with zero attached hydrogens (tertiary/aromatic N) is 2. The number of rotatable bonds is 6. The number of benzene rings is 2. The van der Waals surface area contributed by atoms with E-state index in [-0.39, 0.29) is 35.5 Å². The van der Waals surface area contributed by atoms with Gasteiger partial charge in [-0.1, -0.05) is 18.2 Å². The van der Waals surface area contributed by atoms with Crippen molar-refractivity contribution < 1.29 is 9.31 Å². The summed E-state index contributed by atoms with van der Waals surface area (Å²) in [5, 5.41) is 18.3. The highest BCUT2D eigenvalue weighted by atomic mass is 127. The number of guanidine groups is 1. The Morgan fingerprint density at radius 2 is 2.00 bits per heavy atom. The van der Waals surface area contributed by atoms with Crippen LogP contribution in [0.4, 0.5) is 10.1 Å². The summed E-state index contributed by atoms with van der Waals surface area (Å²) >= 11 is 0. The predicted octanol–water partition coefficient (Wildman–Crippen LogP) is 3.74. The summed E-state index contributed by atoms with van der Waals surface area (Å²) in [6, 6.07) is 11.3. The third-order valence-corrected chi connectivity index (χ3v) is 4.27. The lowest BCUT2D eigenvalue weighted by Gasteiger charge is -2.12. The van der Waals surface area contributed by atoms with Gasteiger partial charge >= 0.3 is 0 Å². The van der Waals surface area contributed by atoms with Crippen LogP contribution in [0.2, 0.25) is 0 Å². The van der Waals surface area contributed by atoms with Crippen LogP contribution in [0, 0.1) is 15.9 Å². The van der Waals surface area contributed by atoms with Crippen molar-refractivity contribution in [2.75, 3.05) is 13.6 Å². The van der Waals surface area contributed by atoms with Crippen LogP contribution >= 0.6 is 24.0 Å². The van der Waals surface area contributed by atoms with Gasteiger partial charge in [-0.2, -0.15) is 0 Å². The Bertz CT molecular complexity index is 989. The van der Waals surface area contributed by atoms with Gasteiger partial charge in [-0.3, -0.25) is 15.1 Å². The van der Waals surface area contributed by atoms with Crippen LogP contribution in [-0.4, -0.2) is 29.5 Å². The maximum atomic E-state index is 13.3. The number of hydrogen-bond acceptors (Lipinski definition) is 3. The van der Waals surface area contributed by atoms with Gasteiger partial charge in [0.25, 0.3) is 5.69 Å². The zero-order valence-electron chi connectivity index (χ0n) is 15.2. The van der Waals surface area contributed by atoms with Gasteiger partial charge in [0, 0.05) is 48.9 Å². The second-order valence-electron chi connectivity index (χ2n) is 5.99. The molecule has 7 nitrogen and oxygen atoms in total. The zero-order valence-corrected chi connectivity index (χ0v) is 17.6. The van der Waals surface area contributed by atoms with Crippen LogP contribution in [-0.2, 0) is 13.0 Å². The zero-order chi connectivity index (χ0) is 19.2. The highest BCUT2D eigenvalue weighted by Crippen LogP contribution is 2.19. The first-order valence-corrected chi connectivity index (χ1v) is 8.51. The van der Waals surface area contributed by atoms with E-state index < -0.39 is 4.92 Å². The number of aromatic amines is 1. The fraction of sp³-hybridized carbons (Fsp3) is 0.211. The molecule has 3 rings (SSSR count). The smallest absolute Gasteiger partial charge is 0.274 e. The van der Waals surface area contributed by atoms with E-state index in [2.05, 4.69) is 20.6 Å². The molecule has 148 valence electrons. The quantitative estimate of drug-likeness (QED) is 0.159. The summed E-state index contributed by atoms with van der Waals surface area (Å²) in [5.41, 5.74) is 2.51. The summed E-state index contributed by atoms with van der Waals surface area (Å²) in [7, 11) is 1.64. The second-order valence-corrected chi connectivity index (χ2v) is 5.99. The number of fused-ring (bicyclic) bond motifs is 1. The minimum Gasteiger partial charge on any atom is -0.361 e. The molecule has 0 amide bonds. The molecule has 0 radical (unpaired) electrons. The van der Waals surface area contributed by atoms with Crippen LogP contribution < -0.4 is 10.6 Å². The third-order valence-electron chi connectivity index (χ3n) is 4.27. The predicted molar refractivity (Wildman–Crippen MR) is 119 cm³/mol.